The summed E-state index contributed by atoms with van der Waals surface area (Å²) in [5, 5.41) is 0.432. The molecule has 1 amide bonds. The zero-order valence-electron chi connectivity index (χ0n) is 18.6. The highest BCUT2D eigenvalue weighted by atomic mass is 35.5. The number of halogens is 2. The lowest BCUT2D eigenvalue weighted by molar-refractivity contribution is -0.145. The van der Waals surface area contributed by atoms with Gasteiger partial charge in [-0.05, 0) is 75.6 Å². The molecule has 1 heterocycles. The van der Waals surface area contributed by atoms with E-state index in [0.29, 0.717) is 29.3 Å². The van der Waals surface area contributed by atoms with Crippen LogP contribution in [0.5, 0.6) is 5.75 Å². The van der Waals surface area contributed by atoms with Gasteiger partial charge >= 0.3 is 12.1 Å². The number of ether oxygens (including phenoxy) is 3. The Morgan fingerprint density at radius 3 is 2.59 bits per heavy atom. The normalized spacial score (nSPS) is 15.7. The number of esters is 1. The van der Waals surface area contributed by atoms with Crippen LogP contribution in [-0.2, 0) is 20.7 Å². The Morgan fingerprint density at radius 2 is 1.91 bits per heavy atom. The molecule has 8 heteroatoms. The molecule has 0 radical (unpaired) electrons. The summed E-state index contributed by atoms with van der Waals surface area (Å²) in [6, 6.07) is 8.81. The number of amides is 1. The van der Waals surface area contributed by atoms with Gasteiger partial charge in [0.1, 0.15) is 17.2 Å². The molecule has 1 aliphatic rings. The molecule has 0 bridgehead atoms. The van der Waals surface area contributed by atoms with Gasteiger partial charge in [0.2, 0.25) is 0 Å². The van der Waals surface area contributed by atoms with Crippen molar-refractivity contribution in [2.75, 3.05) is 19.8 Å². The molecule has 3 rings (SSSR count). The summed E-state index contributed by atoms with van der Waals surface area (Å²) < 4.78 is 30.2. The number of hydrogen-bond acceptors (Lipinski definition) is 5. The minimum absolute atomic E-state index is 0.240. The molecule has 1 atom stereocenters. The first-order chi connectivity index (χ1) is 15.1. The second kappa shape index (κ2) is 9.77. The van der Waals surface area contributed by atoms with E-state index >= 15 is 0 Å². The molecule has 32 heavy (non-hydrogen) atoms. The van der Waals surface area contributed by atoms with Gasteiger partial charge in [0.15, 0.2) is 6.61 Å². The van der Waals surface area contributed by atoms with Crippen LogP contribution >= 0.6 is 11.6 Å². The Hall–Kier alpha value is -2.80. The van der Waals surface area contributed by atoms with Gasteiger partial charge in [0, 0.05) is 17.1 Å². The number of hydrogen-bond donors (Lipinski definition) is 0. The maximum atomic E-state index is 13.9. The average molecular weight is 464 g/mol. The Morgan fingerprint density at radius 1 is 1.16 bits per heavy atom. The van der Waals surface area contributed by atoms with Crippen molar-refractivity contribution in [1.82, 2.24) is 4.90 Å². The molecule has 0 aromatic heterocycles. The first-order valence-corrected chi connectivity index (χ1v) is 10.8. The highest BCUT2D eigenvalue weighted by molar-refractivity contribution is 6.30. The van der Waals surface area contributed by atoms with Gasteiger partial charge in [-0.3, -0.25) is 4.90 Å². The van der Waals surface area contributed by atoms with E-state index in [2.05, 4.69) is 0 Å². The molecule has 1 aliphatic heterocycles. The minimum Gasteiger partial charge on any atom is -0.482 e. The van der Waals surface area contributed by atoms with Crippen molar-refractivity contribution >= 4 is 23.7 Å². The van der Waals surface area contributed by atoms with Gasteiger partial charge in [-0.1, -0.05) is 17.7 Å². The first kappa shape index (κ1) is 23.9. The lowest BCUT2D eigenvalue weighted by Gasteiger charge is -2.39. The summed E-state index contributed by atoms with van der Waals surface area (Å²) in [6.45, 7) is 7.35. The predicted octanol–water partition coefficient (Wildman–Crippen LogP) is 5.30. The monoisotopic (exact) mass is 463 g/mol. The smallest absolute Gasteiger partial charge is 0.411 e. The molecule has 2 aromatic rings. The molecule has 6 nitrogen and oxygen atoms in total. The van der Waals surface area contributed by atoms with Gasteiger partial charge in [-0.2, -0.15) is 0 Å². The van der Waals surface area contributed by atoms with Crippen LogP contribution in [0.2, 0.25) is 5.02 Å². The topological polar surface area (TPSA) is 65.1 Å². The maximum absolute atomic E-state index is 13.9. The van der Waals surface area contributed by atoms with E-state index in [0.717, 1.165) is 11.1 Å². The van der Waals surface area contributed by atoms with Crippen molar-refractivity contribution in [3.05, 3.63) is 63.9 Å². The largest absolute Gasteiger partial charge is 0.482 e. The lowest BCUT2D eigenvalue weighted by Crippen LogP contribution is -2.43. The summed E-state index contributed by atoms with van der Waals surface area (Å²) >= 11 is 6.29. The highest BCUT2D eigenvalue weighted by Crippen LogP contribution is 2.41. The molecule has 172 valence electrons. The average Bonchev–Trinajstić information content (AvgIpc) is 2.70. The van der Waals surface area contributed by atoms with Crippen molar-refractivity contribution in [3.63, 3.8) is 0 Å². The fourth-order valence-electron chi connectivity index (χ4n) is 3.65. The number of benzene rings is 2. The molecule has 0 N–H and O–H groups in total. The van der Waals surface area contributed by atoms with E-state index in [4.69, 9.17) is 25.8 Å². The number of fused-ring (bicyclic) bond motifs is 1. The van der Waals surface area contributed by atoms with Crippen LogP contribution in [0.1, 0.15) is 50.4 Å². The van der Waals surface area contributed by atoms with E-state index in [1.54, 1.807) is 56.9 Å². The van der Waals surface area contributed by atoms with E-state index in [1.165, 1.54) is 12.1 Å². The second-order valence-electron chi connectivity index (χ2n) is 8.45. The van der Waals surface area contributed by atoms with Crippen LogP contribution in [0.15, 0.2) is 36.4 Å². The van der Waals surface area contributed by atoms with Gasteiger partial charge in [-0.25, -0.2) is 14.0 Å². The van der Waals surface area contributed by atoms with Crippen LogP contribution in [-0.4, -0.2) is 42.3 Å². The fraction of sp³-hybridized carbons (Fsp3) is 0.417. The van der Waals surface area contributed by atoms with Gasteiger partial charge in [0.25, 0.3) is 0 Å². The summed E-state index contributed by atoms with van der Waals surface area (Å²) in [4.78, 5) is 26.5. The summed E-state index contributed by atoms with van der Waals surface area (Å²) in [5.74, 6) is -0.486. The lowest BCUT2D eigenvalue weighted by atomic mass is 9.88. The number of carbonyl (C=O) groups is 2. The number of carbonyl (C=O) groups excluding carboxylic acids is 2. The zero-order chi connectivity index (χ0) is 23.5. The maximum Gasteiger partial charge on any atom is 0.411 e. The molecule has 0 fully saturated rings. The Bertz CT molecular complexity index is 1000. The van der Waals surface area contributed by atoms with Crippen molar-refractivity contribution in [2.24, 2.45) is 0 Å². The van der Waals surface area contributed by atoms with Crippen molar-refractivity contribution in [1.29, 1.82) is 0 Å². The summed E-state index contributed by atoms with van der Waals surface area (Å²) in [7, 11) is 0. The SMILES string of the molecule is CCOC(=O)COc1ccc(Cl)cc1[C@@H]1c2ccc(F)cc2CCN1C(=O)OC(C)(C)C. The van der Waals surface area contributed by atoms with Crippen molar-refractivity contribution < 1.29 is 28.2 Å². The third kappa shape index (κ3) is 5.71. The van der Waals surface area contributed by atoms with Crippen LogP contribution in [0.3, 0.4) is 0 Å². The molecule has 2 aromatic carbocycles. The molecule has 0 saturated carbocycles. The van der Waals surface area contributed by atoms with Crippen LogP contribution in [0.25, 0.3) is 0 Å². The van der Waals surface area contributed by atoms with Crippen LogP contribution in [0, 0.1) is 5.82 Å². The quantitative estimate of drug-likeness (QED) is 0.563. The van der Waals surface area contributed by atoms with Crippen LogP contribution in [0.4, 0.5) is 9.18 Å². The Labute approximate surface area is 192 Å². The minimum atomic E-state index is -0.692. The summed E-state index contributed by atoms with van der Waals surface area (Å²) in [5.41, 5.74) is 1.40. The molecular weight excluding hydrogens is 437 g/mol. The van der Waals surface area contributed by atoms with Gasteiger partial charge in [-0.15, -0.1) is 0 Å². The molecule has 0 spiro atoms. The van der Waals surface area contributed by atoms with E-state index in [-0.39, 0.29) is 19.0 Å². The molecule has 0 aliphatic carbocycles. The fourth-order valence-corrected chi connectivity index (χ4v) is 3.83. The third-order valence-corrected chi connectivity index (χ3v) is 5.11. The Balaban J connectivity index is 2.07. The molecule has 0 saturated heterocycles. The van der Waals surface area contributed by atoms with Gasteiger partial charge < -0.3 is 14.2 Å². The number of rotatable bonds is 5. The second-order valence-corrected chi connectivity index (χ2v) is 8.88. The van der Waals surface area contributed by atoms with Crippen LogP contribution < -0.4 is 4.74 Å². The van der Waals surface area contributed by atoms with E-state index in [1.807, 2.05) is 0 Å². The first-order valence-electron chi connectivity index (χ1n) is 10.4. The van der Waals surface area contributed by atoms with E-state index < -0.39 is 23.7 Å². The van der Waals surface area contributed by atoms with E-state index in [9.17, 15) is 14.0 Å². The third-order valence-electron chi connectivity index (χ3n) is 4.88. The molecular formula is C24H27ClFNO5. The zero-order valence-corrected chi connectivity index (χ0v) is 19.4. The number of nitrogens with zero attached hydrogens (tertiary/aromatic N) is 1. The van der Waals surface area contributed by atoms with Gasteiger partial charge in [0.05, 0.1) is 12.6 Å². The molecule has 0 unspecified atom stereocenters. The standard InChI is InChI=1S/C24H27ClFNO5/c1-5-30-21(28)14-31-20-9-6-16(25)13-19(20)22-18-8-7-17(26)12-15(18)10-11-27(22)23(29)32-24(2,3)4/h6-9,12-13,22H,5,10-11,14H2,1-4H3/t22-/m0/s1. The summed E-state index contributed by atoms with van der Waals surface area (Å²) in [6.07, 6.45) is -0.0311. The van der Waals surface area contributed by atoms with Crippen molar-refractivity contribution in [3.8, 4) is 5.75 Å². The highest BCUT2D eigenvalue weighted by Gasteiger charge is 2.36. The predicted molar refractivity (Wildman–Crippen MR) is 118 cm³/mol. The van der Waals surface area contributed by atoms with Crippen molar-refractivity contribution in [2.45, 2.75) is 45.8 Å². The Kier molecular flexibility index (Phi) is 7.29.